The molecule has 116 valence electrons. The van der Waals surface area contributed by atoms with Gasteiger partial charge in [-0.05, 0) is 26.0 Å². The zero-order chi connectivity index (χ0) is 15.1. The zero-order valence-corrected chi connectivity index (χ0v) is 14.1. The van der Waals surface area contributed by atoms with E-state index < -0.39 is 5.54 Å². The van der Waals surface area contributed by atoms with E-state index in [9.17, 15) is 4.79 Å². The molecule has 4 nitrogen and oxygen atoms in total. The first kappa shape index (κ1) is 16.1. The predicted octanol–water partition coefficient (Wildman–Crippen LogP) is 1.73. The molecule has 2 rings (SSSR count). The Labute approximate surface area is 126 Å². The Balaban J connectivity index is 2.19. The summed E-state index contributed by atoms with van der Waals surface area (Å²) in [5.41, 5.74) is 5.57. The highest BCUT2D eigenvalue weighted by Crippen LogP contribution is 2.57. The van der Waals surface area contributed by atoms with E-state index in [1.54, 1.807) is 11.8 Å². The number of carbonyl (C=O) groups is 1. The molecule has 0 radical (unpaired) electrons. The van der Waals surface area contributed by atoms with Gasteiger partial charge in [-0.2, -0.15) is 11.8 Å². The van der Waals surface area contributed by atoms with Crippen LogP contribution in [-0.2, 0) is 9.53 Å². The van der Waals surface area contributed by atoms with Crippen molar-refractivity contribution in [2.24, 2.45) is 17.1 Å². The molecule has 1 amide bonds. The van der Waals surface area contributed by atoms with Crippen LogP contribution in [0.4, 0.5) is 0 Å². The van der Waals surface area contributed by atoms with Gasteiger partial charge < -0.3 is 15.4 Å². The van der Waals surface area contributed by atoms with E-state index in [-0.39, 0.29) is 29.4 Å². The fraction of sp³-hybridized carbons (Fsp3) is 0.933. The van der Waals surface area contributed by atoms with Crippen LogP contribution in [0.3, 0.4) is 0 Å². The molecule has 1 aliphatic carbocycles. The molecule has 1 aliphatic heterocycles. The van der Waals surface area contributed by atoms with E-state index in [4.69, 9.17) is 10.5 Å². The summed E-state index contributed by atoms with van der Waals surface area (Å²) in [6.45, 7) is 7.03. The minimum atomic E-state index is -0.778. The average molecular weight is 300 g/mol. The lowest BCUT2D eigenvalue weighted by molar-refractivity contribution is -0.230. The van der Waals surface area contributed by atoms with Crippen molar-refractivity contribution < 1.29 is 9.53 Å². The lowest BCUT2D eigenvalue weighted by Crippen LogP contribution is -2.82. The maximum absolute atomic E-state index is 13.0. The monoisotopic (exact) mass is 300 g/mol. The molecule has 0 bridgehead atoms. The molecule has 4 atom stereocenters. The molecule has 1 heterocycles. The van der Waals surface area contributed by atoms with E-state index in [2.05, 4.69) is 27.0 Å². The van der Waals surface area contributed by atoms with Gasteiger partial charge in [-0.15, -0.1) is 0 Å². The van der Waals surface area contributed by atoms with Gasteiger partial charge in [-0.25, -0.2) is 0 Å². The highest BCUT2D eigenvalue weighted by molar-refractivity contribution is 7.98. The second kappa shape index (κ2) is 5.50. The molecule has 1 saturated heterocycles. The van der Waals surface area contributed by atoms with Crippen LogP contribution in [0.2, 0.25) is 0 Å². The fourth-order valence-electron chi connectivity index (χ4n) is 3.85. The molecule has 0 aromatic carbocycles. The van der Waals surface area contributed by atoms with E-state index in [1.165, 1.54) is 0 Å². The number of hydrogen-bond donors (Lipinski definition) is 1. The topological polar surface area (TPSA) is 55.6 Å². The predicted molar refractivity (Wildman–Crippen MR) is 83.8 cm³/mol. The maximum Gasteiger partial charge on any atom is 0.243 e. The van der Waals surface area contributed by atoms with Gasteiger partial charge in [0, 0.05) is 36.8 Å². The van der Waals surface area contributed by atoms with Crippen LogP contribution in [0.5, 0.6) is 0 Å². The molecule has 4 unspecified atom stereocenters. The third kappa shape index (κ3) is 2.09. The molecular formula is C15H28N2O2S. The summed E-state index contributed by atoms with van der Waals surface area (Å²) in [5.74, 6) is 1.18. The average Bonchev–Trinajstić information content (AvgIpc) is 2.45. The van der Waals surface area contributed by atoms with Crippen LogP contribution < -0.4 is 5.73 Å². The number of nitrogens with two attached hydrogens (primary N) is 1. The number of carbonyl (C=O) groups excluding carboxylic acids is 1. The van der Waals surface area contributed by atoms with E-state index >= 15 is 0 Å². The minimum Gasteiger partial charge on any atom is -0.377 e. The minimum absolute atomic E-state index is 0.0794. The van der Waals surface area contributed by atoms with Gasteiger partial charge in [-0.3, -0.25) is 4.79 Å². The van der Waals surface area contributed by atoms with Crippen LogP contribution in [0.25, 0.3) is 0 Å². The first-order valence-corrected chi connectivity index (χ1v) is 8.84. The number of amides is 1. The van der Waals surface area contributed by atoms with Crippen LogP contribution in [0, 0.1) is 11.3 Å². The molecule has 0 spiro atoms. The van der Waals surface area contributed by atoms with Gasteiger partial charge in [0.1, 0.15) is 5.54 Å². The smallest absolute Gasteiger partial charge is 0.243 e. The molecule has 2 aliphatic rings. The molecule has 1 saturated carbocycles. The highest BCUT2D eigenvalue weighted by atomic mass is 32.2. The third-order valence-corrected chi connectivity index (χ3v) is 6.24. The van der Waals surface area contributed by atoms with Crippen molar-refractivity contribution in [3.8, 4) is 0 Å². The summed E-state index contributed by atoms with van der Waals surface area (Å²) in [4.78, 5) is 14.8. The van der Waals surface area contributed by atoms with E-state index in [0.717, 1.165) is 25.2 Å². The van der Waals surface area contributed by atoms with Crippen molar-refractivity contribution in [1.82, 2.24) is 4.90 Å². The van der Waals surface area contributed by atoms with Crippen molar-refractivity contribution >= 4 is 17.7 Å². The van der Waals surface area contributed by atoms with Crippen LogP contribution >= 0.6 is 11.8 Å². The van der Waals surface area contributed by atoms with Gasteiger partial charge >= 0.3 is 0 Å². The van der Waals surface area contributed by atoms with Crippen molar-refractivity contribution in [2.45, 2.75) is 51.3 Å². The van der Waals surface area contributed by atoms with Gasteiger partial charge in [0.15, 0.2) is 0 Å². The van der Waals surface area contributed by atoms with Crippen LogP contribution in [-0.4, -0.2) is 54.2 Å². The highest BCUT2D eigenvalue weighted by Gasteiger charge is 2.70. The standard InChI is InChI=1S/C15H28N2O2S/c1-10(9-20-5)17(4)13(18)15(16)11-7-6-8-19-12(11)14(15,2)3/h10-12H,6-9,16H2,1-5H3. The second-order valence-corrected chi connectivity index (χ2v) is 7.76. The summed E-state index contributed by atoms with van der Waals surface area (Å²) in [6, 6.07) is 0.206. The Kier molecular flexibility index (Phi) is 4.43. The number of thioether (sulfide) groups is 1. The molecule has 5 heteroatoms. The molecular weight excluding hydrogens is 272 g/mol. The molecule has 2 fully saturated rings. The number of hydrogen-bond acceptors (Lipinski definition) is 4. The van der Waals surface area contributed by atoms with E-state index in [0.29, 0.717) is 0 Å². The van der Waals surface area contributed by atoms with Gasteiger partial charge in [0.05, 0.1) is 6.10 Å². The Morgan fingerprint density at radius 2 is 2.20 bits per heavy atom. The normalized spacial score (nSPS) is 36.7. The van der Waals surface area contributed by atoms with Crippen molar-refractivity contribution in [2.75, 3.05) is 25.7 Å². The van der Waals surface area contributed by atoms with Crippen LogP contribution in [0.1, 0.15) is 33.6 Å². The third-order valence-electron chi connectivity index (χ3n) is 5.43. The van der Waals surface area contributed by atoms with Crippen molar-refractivity contribution in [3.05, 3.63) is 0 Å². The summed E-state index contributed by atoms with van der Waals surface area (Å²) >= 11 is 1.75. The molecule has 0 aromatic rings. The maximum atomic E-state index is 13.0. The number of ether oxygens (including phenoxy) is 1. The zero-order valence-electron chi connectivity index (χ0n) is 13.3. The summed E-state index contributed by atoms with van der Waals surface area (Å²) in [6.07, 6.45) is 4.20. The van der Waals surface area contributed by atoms with Crippen molar-refractivity contribution in [1.29, 1.82) is 0 Å². The van der Waals surface area contributed by atoms with Gasteiger partial charge in [-0.1, -0.05) is 13.8 Å². The Morgan fingerprint density at radius 1 is 1.55 bits per heavy atom. The van der Waals surface area contributed by atoms with Crippen molar-refractivity contribution in [3.63, 3.8) is 0 Å². The largest absolute Gasteiger partial charge is 0.377 e. The lowest BCUT2D eigenvalue weighted by Gasteiger charge is -2.65. The van der Waals surface area contributed by atoms with Gasteiger partial charge in [0.2, 0.25) is 5.91 Å². The number of likely N-dealkylation sites (N-methyl/N-ethyl adjacent to an activating group) is 1. The molecule has 2 N–H and O–H groups in total. The number of nitrogens with zero attached hydrogens (tertiary/aromatic N) is 1. The Hall–Kier alpha value is -0.260. The summed E-state index contributed by atoms with van der Waals surface area (Å²) in [5, 5.41) is 0. The Bertz CT molecular complexity index is 388. The van der Waals surface area contributed by atoms with Crippen LogP contribution in [0.15, 0.2) is 0 Å². The summed E-state index contributed by atoms with van der Waals surface area (Å²) in [7, 11) is 1.88. The first-order valence-electron chi connectivity index (χ1n) is 7.45. The fourth-order valence-corrected chi connectivity index (χ4v) is 4.56. The van der Waals surface area contributed by atoms with Gasteiger partial charge in [0.25, 0.3) is 0 Å². The SMILES string of the molecule is CSCC(C)N(C)C(=O)C1(N)C2CCCOC2C1(C)C. The lowest BCUT2D eigenvalue weighted by atomic mass is 9.46. The Morgan fingerprint density at radius 3 is 2.80 bits per heavy atom. The number of fused-ring (bicyclic) bond motifs is 1. The number of rotatable bonds is 4. The summed E-state index contributed by atoms with van der Waals surface area (Å²) < 4.78 is 5.87. The first-order chi connectivity index (χ1) is 9.28. The van der Waals surface area contributed by atoms with E-state index in [1.807, 2.05) is 11.9 Å². The quantitative estimate of drug-likeness (QED) is 0.859. The molecule has 0 aromatic heterocycles. The molecule has 20 heavy (non-hydrogen) atoms. The second-order valence-electron chi connectivity index (χ2n) is 6.85.